The molecule has 0 saturated heterocycles. The summed E-state index contributed by atoms with van der Waals surface area (Å²) in [7, 11) is 0. The van der Waals surface area contributed by atoms with Crippen molar-refractivity contribution in [2.24, 2.45) is 11.8 Å². The van der Waals surface area contributed by atoms with E-state index in [0.29, 0.717) is 0 Å². The number of unbranched alkanes of at least 4 members (excludes halogenated alkanes) is 22. The minimum absolute atomic E-state index is 0.0377. The molecule has 0 bridgehead atoms. The average molecular weight is 864 g/mol. The Hall–Kier alpha value is 0.439. The van der Waals surface area contributed by atoms with Gasteiger partial charge in [-0.05, 0) is 36.2 Å². The van der Waals surface area contributed by atoms with Gasteiger partial charge in [0.25, 0.3) is 0 Å². The zero-order valence-electron chi connectivity index (χ0n) is 35.1. The van der Waals surface area contributed by atoms with Gasteiger partial charge in [0.05, 0.1) is 11.9 Å². The fourth-order valence-corrected chi connectivity index (χ4v) is 10.8. The topological polar surface area (TPSA) is 80.3 Å². The molecular formula is C44H88O4S2Sn. The zero-order valence-corrected chi connectivity index (χ0v) is 39.6. The van der Waals surface area contributed by atoms with E-state index in [1.54, 1.807) is 21.7 Å². The molecule has 0 aromatic rings. The van der Waals surface area contributed by atoms with Crippen LogP contribution in [0.2, 0.25) is 8.87 Å². The first-order chi connectivity index (χ1) is 24.7. The van der Waals surface area contributed by atoms with E-state index < -0.39 is 11.9 Å². The van der Waals surface area contributed by atoms with Crippen molar-refractivity contribution in [2.45, 2.75) is 230 Å². The number of carbonyl (C=O) groups excluding carboxylic acids is 2. The number of hydrogen-bond donors (Lipinski definition) is 0. The summed E-state index contributed by atoms with van der Waals surface area (Å²) >= 11 is 2.95. The SMILES string of the molecule is CC(C)CCCCCSCC(=O)[O-].CC(C)CCCCCSCC(=O)[O-].CCCCCCCCCCC[CH2][Sn+2][CH2]CCCCCCCCCCC. The van der Waals surface area contributed by atoms with E-state index in [1.165, 1.54) is 178 Å². The van der Waals surface area contributed by atoms with E-state index >= 15 is 0 Å². The Balaban J connectivity index is -0.000000746. The van der Waals surface area contributed by atoms with Crippen molar-refractivity contribution in [3.63, 3.8) is 0 Å². The maximum absolute atomic E-state index is 10.0. The van der Waals surface area contributed by atoms with Crippen molar-refractivity contribution in [1.82, 2.24) is 0 Å². The molecule has 0 atom stereocenters. The molecule has 0 aromatic carbocycles. The molecule has 0 aliphatic heterocycles. The fourth-order valence-electron chi connectivity index (χ4n) is 5.78. The summed E-state index contributed by atoms with van der Waals surface area (Å²) in [4.78, 5) is 20.1. The molecule has 0 aliphatic rings. The summed E-state index contributed by atoms with van der Waals surface area (Å²) in [6, 6.07) is 0. The van der Waals surface area contributed by atoms with Crippen molar-refractivity contribution in [3.05, 3.63) is 0 Å². The van der Waals surface area contributed by atoms with Crippen molar-refractivity contribution in [2.75, 3.05) is 23.0 Å². The van der Waals surface area contributed by atoms with Crippen LogP contribution in [0, 0.1) is 11.8 Å². The van der Waals surface area contributed by atoms with Gasteiger partial charge in [0.15, 0.2) is 0 Å². The molecule has 0 unspecified atom stereocenters. The summed E-state index contributed by atoms with van der Waals surface area (Å²) in [5, 5.41) is 20.1. The third-order valence-corrected chi connectivity index (χ3v) is 15.1. The minimum atomic E-state index is -0.952. The number of aliphatic carboxylic acids is 2. The van der Waals surface area contributed by atoms with Gasteiger partial charge in [0.1, 0.15) is 0 Å². The van der Waals surface area contributed by atoms with Gasteiger partial charge in [0.2, 0.25) is 0 Å². The predicted molar refractivity (Wildman–Crippen MR) is 230 cm³/mol. The molecule has 0 heterocycles. The maximum atomic E-state index is 10.0. The number of carbonyl (C=O) groups is 2. The van der Waals surface area contributed by atoms with Gasteiger partial charge in [-0.3, -0.25) is 0 Å². The first kappa shape index (κ1) is 55.8. The second kappa shape index (κ2) is 50.4. The summed E-state index contributed by atoms with van der Waals surface area (Å²) < 4.78 is 3.33. The van der Waals surface area contributed by atoms with Crippen molar-refractivity contribution >= 4 is 56.6 Å². The molecule has 0 saturated carbocycles. The van der Waals surface area contributed by atoms with Crippen LogP contribution < -0.4 is 10.2 Å². The van der Waals surface area contributed by atoms with Crippen molar-refractivity contribution < 1.29 is 19.8 Å². The van der Waals surface area contributed by atoms with E-state index in [4.69, 9.17) is 0 Å². The first-order valence-corrected chi connectivity index (χ1v) is 28.3. The number of hydrogen-bond acceptors (Lipinski definition) is 6. The number of rotatable bonds is 38. The van der Waals surface area contributed by atoms with Crippen LogP contribution in [0.15, 0.2) is 0 Å². The Morgan fingerprint density at radius 1 is 0.431 bits per heavy atom. The van der Waals surface area contributed by atoms with Crippen molar-refractivity contribution in [3.8, 4) is 0 Å². The third kappa shape index (κ3) is 65.7. The van der Waals surface area contributed by atoms with Gasteiger partial charge in [-0.1, -0.05) is 66.2 Å². The van der Waals surface area contributed by atoms with Gasteiger partial charge in [0, 0.05) is 11.5 Å². The van der Waals surface area contributed by atoms with E-state index in [-0.39, 0.29) is 32.6 Å². The predicted octanol–water partition coefficient (Wildman–Crippen LogP) is 12.7. The number of carboxylic acids is 2. The normalized spacial score (nSPS) is 10.8. The Morgan fingerprint density at radius 2 is 0.706 bits per heavy atom. The molecule has 0 aliphatic carbocycles. The third-order valence-electron chi connectivity index (χ3n) is 8.99. The summed E-state index contributed by atoms with van der Waals surface area (Å²) in [5.74, 6) is 1.86. The molecule has 0 spiro atoms. The molecule has 0 aromatic heterocycles. The van der Waals surface area contributed by atoms with E-state index in [1.807, 2.05) is 0 Å². The molecule has 0 radical (unpaired) electrons. The van der Waals surface area contributed by atoms with Crippen LogP contribution in [0.5, 0.6) is 0 Å². The van der Waals surface area contributed by atoms with Crippen LogP contribution in [-0.4, -0.2) is 56.1 Å². The second-order valence-electron chi connectivity index (χ2n) is 15.4. The van der Waals surface area contributed by atoms with E-state index in [2.05, 4.69) is 41.5 Å². The molecular weight excluding hydrogens is 775 g/mol. The molecule has 7 heteroatoms. The van der Waals surface area contributed by atoms with E-state index in [0.717, 1.165) is 36.2 Å². The Morgan fingerprint density at radius 3 is 0.980 bits per heavy atom. The van der Waals surface area contributed by atoms with Crippen LogP contribution in [0.25, 0.3) is 0 Å². The van der Waals surface area contributed by atoms with Crippen LogP contribution >= 0.6 is 23.5 Å². The molecule has 0 N–H and O–H groups in total. The molecule has 304 valence electrons. The summed E-state index contributed by atoms with van der Waals surface area (Å²) in [6.45, 7) is 13.5. The quantitative estimate of drug-likeness (QED) is 0.0454. The van der Waals surface area contributed by atoms with Gasteiger partial charge < -0.3 is 19.8 Å². The van der Waals surface area contributed by atoms with Crippen LogP contribution in [-0.2, 0) is 9.59 Å². The van der Waals surface area contributed by atoms with Crippen molar-refractivity contribution in [1.29, 1.82) is 0 Å². The Kier molecular flexibility index (Phi) is 55.2. The van der Waals surface area contributed by atoms with Crippen LogP contribution in [0.1, 0.15) is 221 Å². The first-order valence-electron chi connectivity index (χ1n) is 21.9. The Bertz CT molecular complexity index is 609. The van der Waals surface area contributed by atoms with Gasteiger partial charge in [-0.2, -0.15) is 23.5 Å². The molecule has 0 rings (SSSR count). The molecule has 0 fully saturated rings. The summed E-state index contributed by atoms with van der Waals surface area (Å²) in [5.41, 5.74) is 0. The average Bonchev–Trinajstić information content (AvgIpc) is 3.08. The number of carboxylic acid groups (broad SMARTS) is 2. The van der Waals surface area contributed by atoms with Gasteiger partial charge >= 0.3 is 172 Å². The monoisotopic (exact) mass is 865 g/mol. The van der Waals surface area contributed by atoms with Gasteiger partial charge in [-0.25, -0.2) is 0 Å². The Labute approximate surface area is 339 Å². The molecule has 51 heavy (non-hydrogen) atoms. The molecule has 4 nitrogen and oxygen atoms in total. The fraction of sp³-hybridized carbons (Fsp3) is 0.955. The second-order valence-corrected chi connectivity index (χ2v) is 21.9. The summed E-state index contributed by atoms with van der Waals surface area (Å²) in [6.07, 6.45) is 39.6. The zero-order chi connectivity index (χ0) is 38.5. The van der Waals surface area contributed by atoms with Crippen LogP contribution in [0.4, 0.5) is 0 Å². The standard InChI is InChI=1S/2C12H25.2C10H20O2S.Sn/c2*1-3-5-7-9-11-12-10-8-6-4-2;2*1-9(2)6-4-3-5-7-13-8-10(11)12;/h2*1,3-12H2,2H3;2*9H,3-8H2,1-2H3,(H,11,12);/q;;;;+2/p-2. The van der Waals surface area contributed by atoms with Gasteiger partial charge in [-0.15, -0.1) is 0 Å². The van der Waals surface area contributed by atoms with Crippen LogP contribution in [0.3, 0.4) is 0 Å². The number of thioether (sulfide) groups is 2. The van der Waals surface area contributed by atoms with E-state index in [9.17, 15) is 19.8 Å². The molecule has 0 amide bonds.